The lowest BCUT2D eigenvalue weighted by atomic mass is 10.2. The van der Waals surface area contributed by atoms with Crippen molar-refractivity contribution in [2.45, 2.75) is 0 Å². The van der Waals surface area contributed by atoms with E-state index in [1.54, 1.807) is 18.2 Å². The molecule has 2 aromatic rings. The zero-order valence-corrected chi connectivity index (χ0v) is 10.4. The lowest BCUT2D eigenvalue weighted by Crippen LogP contribution is -2.13. The molecule has 0 aliphatic carbocycles. The predicted octanol–water partition coefficient (Wildman–Crippen LogP) is 3.37. The van der Waals surface area contributed by atoms with Crippen molar-refractivity contribution in [1.82, 2.24) is 0 Å². The van der Waals surface area contributed by atoms with E-state index < -0.39 is 5.82 Å². The Labute approximate surface area is 113 Å². The van der Waals surface area contributed by atoms with E-state index >= 15 is 0 Å². The molecule has 2 rings (SSSR count). The van der Waals surface area contributed by atoms with Crippen molar-refractivity contribution in [3.05, 3.63) is 58.9 Å². The average Bonchev–Trinajstić information content (AvgIpc) is 2.38. The maximum absolute atomic E-state index is 13.0. The van der Waals surface area contributed by atoms with Crippen molar-refractivity contribution in [1.29, 1.82) is 0 Å². The zero-order chi connectivity index (χ0) is 13.8. The van der Waals surface area contributed by atoms with Gasteiger partial charge >= 0.3 is 0 Å². The number of oxime groups is 1. The van der Waals surface area contributed by atoms with Gasteiger partial charge in [0.2, 0.25) is 0 Å². The third-order valence-corrected chi connectivity index (χ3v) is 2.67. The molecule has 0 unspecified atom stereocenters. The van der Waals surface area contributed by atoms with Gasteiger partial charge in [-0.25, -0.2) is 4.39 Å². The summed E-state index contributed by atoms with van der Waals surface area (Å²) in [7, 11) is 0. The van der Waals surface area contributed by atoms with Crippen LogP contribution in [0.2, 0.25) is 5.02 Å². The fraction of sp³-hybridized carbons (Fsp3) is 0. The number of hydrogen-bond acceptors (Lipinski definition) is 3. The average molecular weight is 281 g/mol. The molecule has 0 atom stereocenters. The third-order valence-electron chi connectivity index (χ3n) is 2.36. The molecule has 0 aliphatic rings. The summed E-state index contributed by atoms with van der Waals surface area (Å²) in [6.07, 6.45) is 0. The normalized spacial score (nSPS) is 11.4. The van der Waals surface area contributed by atoms with E-state index in [0.717, 1.165) is 0 Å². The van der Waals surface area contributed by atoms with Crippen LogP contribution < -0.4 is 10.5 Å². The van der Waals surface area contributed by atoms with E-state index in [1.807, 2.05) is 0 Å². The van der Waals surface area contributed by atoms with Gasteiger partial charge in [0.05, 0.1) is 5.02 Å². The summed E-state index contributed by atoms with van der Waals surface area (Å²) >= 11 is 5.97. The van der Waals surface area contributed by atoms with Gasteiger partial charge in [0.15, 0.2) is 5.84 Å². The van der Waals surface area contributed by atoms with E-state index in [0.29, 0.717) is 17.1 Å². The van der Waals surface area contributed by atoms with E-state index in [-0.39, 0.29) is 10.9 Å². The Kier molecular flexibility index (Phi) is 3.87. The van der Waals surface area contributed by atoms with E-state index in [4.69, 9.17) is 27.3 Å². The molecule has 0 heterocycles. The second-order valence-corrected chi connectivity index (χ2v) is 4.09. The molecule has 0 saturated carbocycles. The predicted molar refractivity (Wildman–Crippen MR) is 70.4 cm³/mol. The molecule has 0 fully saturated rings. The Morgan fingerprint density at radius 2 is 1.95 bits per heavy atom. The number of nitrogens with zero attached hydrogens (tertiary/aromatic N) is 1. The molecule has 3 N–H and O–H groups in total. The fourth-order valence-corrected chi connectivity index (χ4v) is 1.75. The molecule has 6 heteroatoms. The first-order chi connectivity index (χ1) is 9.10. The van der Waals surface area contributed by atoms with Crippen LogP contribution in [0.4, 0.5) is 4.39 Å². The van der Waals surface area contributed by atoms with Crippen LogP contribution in [-0.2, 0) is 0 Å². The maximum Gasteiger partial charge on any atom is 0.171 e. The number of nitrogens with two attached hydrogens (primary N) is 1. The van der Waals surface area contributed by atoms with Crippen LogP contribution in [0.1, 0.15) is 5.56 Å². The molecule has 0 saturated heterocycles. The van der Waals surface area contributed by atoms with Crippen LogP contribution in [0.25, 0.3) is 0 Å². The molecule has 0 spiro atoms. The number of hydrogen-bond donors (Lipinski definition) is 2. The molecule has 98 valence electrons. The second kappa shape index (κ2) is 5.58. The highest BCUT2D eigenvalue weighted by Crippen LogP contribution is 2.27. The van der Waals surface area contributed by atoms with Gasteiger partial charge in [0.25, 0.3) is 0 Å². The Hall–Kier alpha value is -2.27. The summed E-state index contributed by atoms with van der Waals surface area (Å²) in [4.78, 5) is 0. The van der Waals surface area contributed by atoms with Crippen molar-refractivity contribution in [3.63, 3.8) is 0 Å². The van der Waals surface area contributed by atoms with Crippen molar-refractivity contribution in [3.8, 4) is 11.5 Å². The number of amidine groups is 1. The highest BCUT2D eigenvalue weighted by molar-refractivity contribution is 6.34. The Balaban J connectivity index is 2.26. The molecule has 0 amide bonds. The summed E-state index contributed by atoms with van der Waals surface area (Å²) in [5, 5.41) is 11.7. The molecule has 0 aromatic heterocycles. The second-order valence-electron chi connectivity index (χ2n) is 3.69. The number of benzene rings is 2. The van der Waals surface area contributed by atoms with Crippen molar-refractivity contribution in [2.75, 3.05) is 0 Å². The zero-order valence-electron chi connectivity index (χ0n) is 9.68. The van der Waals surface area contributed by atoms with Gasteiger partial charge in [-0.15, -0.1) is 0 Å². The molecule has 19 heavy (non-hydrogen) atoms. The number of rotatable bonds is 3. The van der Waals surface area contributed by atoms with Crippen molar-refractivity contribution < 1.29 is 14.3 Å². The summed E-state index contributed by atoms with van der Waals surface area (Å²) in [5.41, 5.74) is 5.83. The smallest absolute Gasteiger partial charge is 0.171 e. The van der Waals surface area contributed by atoms with Crippen LogP contribution in [0.15, 0.2) is 47.6 Å². The first-order valence-electron chi connectivity index (χ1n) is 5.31. The lowest BCUT2D eigenvalue weighted by Gasteiger charge is -2.08. The van der Waals surface area contributed by atoms with Gasteiger partial charge < -0.3 is 15.7 Å². The van der Waals surface area contributed by atoms with Gasteiger partial charge in [0.1, 0.15) is 17.3 Å². The Bertz CT molecular complexity index is 632. The van der Waals surface area contributed by atoms with Gasteiger partial charge in [-0.3, -0.25) is 0 Å². The molecule has 0 aliphatic heterocycles. The standard InChI is InChI=1S/C13H10ClFN2O2/c14-12-7-10(4-5-11(12)13(16)17-18)19-9-3-1-2-8(15)6-9/h1-7,18H,(H2,16,17). The summed E-state index contributed by atoms with van der Waals surface area (Å²) < 4.78 is 18.4. The van der Waals surface area contributed by atoms with Crippen molar-refractivity contribution >= 4 is 17.4 Å². The van der Waals surface area contributed by atoms with Gasteiger partial charge in [-0.1, -0.05) is 22.8 Å². The van der Waals surface area contributed by atoms with Gasteiger partial charge in [-0.05, 0) is 24.3 Å². The van der Waals surface area contributed by atoms with Crippen molar-refractivity contribution in [2.24, 2.45) is 10.9 Å². The minimum absolute atomic E-state index is 0.0951. The minimum Gasteiger partial charge on any atom is -0.457 e. The van der Waals surface area contributed by atoms with Gasteiger partial charge in [0, 0.05) is 17.7 Å². The van der Waals surface area contributed by atoms with Crippen LogP contribution in [-0.4, -0.2) is 11.0 Å². The molecule has 4 nitrogen and oxygen atoms in total. The summed E-state index contributed by atoms with van der Waals surface area (Å²) in [5.74, 6) is 0.289. The van der Waals surface area contributed by atoms with E-state index in [2.05, 4.69) is 5.16 Å². The fourth-order valence-electron chi connectivity index (χ4n) is 1.49. The van der Waals surface area contributed by atoms with Crippen LogP contribution >= 0.6 is 11.6 Å². The maximum atomic E-state index is 13.0. The monoisotopic (exact) mass is 280 g/mol. The Morgan fingerprint density at radius 3 is 2.58 bits per heavy atom. The van der Waals surface area contributed by atoms with Gasteiger partial charge in [-0.2, -0.15) is 0 Å². The van der Waals surface area contributed by atoms with Crippen LogP contribution in [0.5, 0.6) is 11.5 Å². The van der Waals surface area contributed by atoms with E-state index in [1.165, 1.54) is 24.3 Å². The highest BCUT2D eigenvalue weighted by Gasteiger charge is 2.07. The first-order valence-corrected chi connectivity index (χ1v) is 5.69. The van der Waals surface area contributed by atoms with Crippen LogP contribution in [0, 0.1) is 5.82 Å². The quantitative estimate of drug-likeness (QED) is 0.392. The summed E-state index contributed by atoms with van der Waals surface area (Å²) in [6.45, 7) is 0. The van der Waals surface area contributed by atoms with E-state index in [9.17, 15) is 4.39 Å². The molecule has 0 bridgehead atoms. The topological polar surface area (TPSA) is 67.8 Å². The lowest BCUT2D eigenvalue weighted by molar-refractivity contribution is 0.318. The third kappa shape index (κ3) is 3.14. The molecule has 2 aromatic carbocycles. The summed E-state index contributed by atoms with van der Waals surface area (Å²) in [6, 6.07) is 10.4. The molecular formula is C13H10ClFN2O2. The molecule has 0 radical (unpaired) electrons. The first kappa shape index (κ1) is 13.2. The minimum atomic E-state index is -0.392. The Morgan fingerprint density at radius 1 is 1.21 bits per heavy atom. The number of ether oxygens (including phenoxy) is 1. The molecular weight excluding hydrogens is 271 g/mol. The highest BCUT2D eigenvalue weighted by atomic mass is 35.5. The largest absolute Gasteiger partial charge is 0.457 e. The number of halogens is 2. The van der Waals surface area contributed by atoms with Crippen LogP contribution in [0.3, 0.4) is 0 Å². The SMILES string of the molecule is N/C(=N/O)c1ccc(Oc2cccc(F)c2)cc1Cl.